The molecule has 1 aliphatic rings. The zero-order chi connectivity index (χ0) is 18.1. The number of anilines is 1. The maximum Gasteiger partial charge on any atom is 0.335 e. The van der Waals surface area contributed by atoms with Gasteiger partial charge in [0, 0.05) is 10.6 Å². The summed E-state index contributed by atoms with van der Waals surface area (Å²) in [5.41, 5.74) is 0.686. The molecular formula is C18H14ClNO5. The summed E-state index contributed by atoms with van der Waals surface area (Å²) in [6, 6.07) is 10.5. The van der Waals surface area contributed by atoms with Gasteiger partial charge in [-0.15, -0.1) is 0 Å². The standard InChI is InChI=1S/C18H14ClNO5/c1-10-17(22)20(9-15(21)11-2-5-13(19)6-3-11)14-8-12(18(23)24)4-7-16(14)25-10/h2-8,10H,9H2,1H3,(H,23,24). The number of carbonyl (C=O) groups excluding carboxylic acids is 2. The number of benzene rings is 2. The molecule has 0 radical (unpaired) electrons. The van der Waals surface area contributed by atoms with E-state index in [0.717, 1.165) is 0 Å². The Labute approximate surface area is 148 Å². The number of aromatic carboxylic acids is 1. The van der Waals surface area contributed by atoms with Crippen LogP contribution in [0.25, 0.3) is 0 Å². The first-order valence-electron chi connectivity index (χ1n) is 7.51. The fraction of sp³-hybridized carbons (Fsp3) is 0.167. The van der Waals surface area contributed by atoms with Crippen LogP contribution >= 0.6 is 11.6 Å². The molecule has 0 spiro atoms. The van der Waals surface area contributed by atoms with E-state index in [9.17, 15) is 14.4 Å². The number of carbonyl (C=O) groups is 3. The molecule has 7 heteroatoms. The van der Waals surface area contributed by atoms with Gasteiger partial charge in [0.15, 0.2) is 11.9 Å². The molecule has 0 fully saturated rings. The van der Waals surface area contributed by atoms with Crippen LogP contribution in [0, 0.1) is 0 Å². The highest BCUT2D eigenvalue weighted by atomic mass is 35.5. The second kappa shape index (κ2) is 6.57. The van der Waals surface area contributed by atoms with E-state index in [1.54, 1.807) is 31.2 Å². The van der Waals surface area contributed by atoms with Crippen LogP contribution in [0.4, 0.5) is 5.69 Å². The molecule has 25 heavy (non-hydrogen) atoms. The fourth-order valence-electron chi connectivity index (χ4n) is 2.57. The first-order chi connectivity index (χ1) is 11.9. The minimum atomic E-state index is -1.13. The summed E-state index contributed by atoms with van der Waals surface area (Å²) in [5, 5.41) is 9.66. The Hall–Kier alpha value is -2.86. The summed E-state index contributed by atoms with van der Waals surface area (Å²) in [4.78, 5) is 37.4. The average molecular weight is 360 g/mol. The number of carboxylic acids is 1. The normalized spacial score (nSPS) is 16.2. The van der Waals surface area contributed by atoms with E-state index in [2.05, 4.69) is 0 Å². The first-order valence-corrected chi connectivity index (χ1v) is 7.89. The molecule has 1 N–H and O–H groups in total. The number of ether oxygens (including phenoxy) is 1. The quantitative estimate of drug-likeness (QED) is 0.848. The topological polar surface area (TPSA) is 83.9 Å². The van der Waals surface area contributed by atoms with Crippen molar-refractivity contribution in [2.45, 2.75) is 13.0 Å². The SMILES string of the molecule is CC1Oc2ccc(C(=O)O)cc2N(CC(=O)c2ccc(Cl)cc2)C1=O. The lowest BCUT2D eigenvalue weighted by Gasteiger charge is -2.32. The second-order valence-electron chi connectivity index (χ2n) is 5.60. The number of Topliss-reactive ketones (excluding diaryl/α,β-unsaturated/α-hetero) is 1. The van der Waals surface area contributed by atoms with E-state index in [-0.39, 0.29) is 23.6 Å². The molecule has 1 heterocycles. The monoisotopic (exact) mass is 359 g/mol. The molecule has 3 rings (SSSR count). The van der Waals surface area contributed by atoms with Gasteiger partial charge in [0.2, 0.25) is 0 Å². The third-order valence-electron chi connectivity index (χ3n) is 3.88. The van der Waals surface area contributed by atoms with Crippen molar-refractivity contribution < 1.29 is 24.2 Å². The molecule has 0 bridgehead atoms. The number of nitrogens with zero attached hydrogens (tertiary/aromatic N) is 1. The van der Waals surface area contributed by atoms with E-state index in [1.165, 1.54) is 23.1 Å². The molecule has 0 aliphatic carbocycles. The van der Waals surface area contributed by atoms with Crippen LogP contribution in [0.1, 0.15) is 27.6 Å². The Morgan fingerprint density at radius 1 is 1.16 bits per heavy atom. The third kappa shape index (κ3) is 3.34. The van der Waals surface area contributed by atoms with Gasteiger partial charge in [-0.05, 0) is 49.4 Å². The number of fused-ring (bicyclic) bond motifs is 1. The Morgan fingerprint density at radius 3 is 2.44 bits per heavy atom. The van der Waals surface area contributed by atoms with Crippen molar-refractivity contribution >= 4 is 34.9 Å². The number of halogens is 1. The Kier molecular flexibility index (Phi) is 4.46. The minimum Gasteiger partial charge on any atom is -0.479 e. The van der Waals surface area contributed by atoms with Gasteiger partial charge in [-0.3, -0.25) is 14.5 Å². The maximum absolute atomic E-state index is 12.5. The number of carboxylic acid groups (broad SMARTS) is 1. The highest BCUT2D eigenvalue weighted by Gasteiger charge is 2.33. The lowest BCUT2D eigenvalue weighted by atomic mass is 10.1. The zero-order valence-electron chi connectivity index (χ0n) is 13.2. The Balaban J connectivity index is 1.95. The van der Waals surface area contributed by atoms with Gasteiger partial charge in [0.05, 0.1) is 17.8 Å². The highest BCUT2D eigenvalue weighted by Crippen LogP contribution is 2.35. The van der Waals surface area contributed by atoms with Crippen LogP contribution in [-0.4, -0.2) is 35.4 Å². The molecule has 128 valence electrons. The molecule has 1 aliphatic heterocycles. The van der Waals surface area contributed by atoms with Crippen molar-refractivity contribution in [3.63, 3.8) is 0 Å². The summed E-state index contributed by atoms with van der Waals surface area (Å²) in [5.74, 6) is -1.46. The predicted octanol–water partition coefficient (Wildman–Crippen LogP) is 3.04. The molecule has 2 aromatic rings. The molecule has 1 amide bonds. The van der Waals surface area contributed by atoms with Crippen LogP contribution in [0.3, 0.4) is 0 Å². The Morgan fingerprint density at radius 2 is 1.80 bits per heavy atom. The van der Waals surface area contributed by atoms with Crippen molar-refractivity contribution in [3.8, 4) is 5.75 Å². The summed E-state index contributed by atoms with van der Waals surface area (Å²) in [7, 11) is 0. The van der Waals surface area contributed by atoms with Gasteiger partial charge in [-0.25, -0.2) is 4.79 Å². The first kappa shape index (κ1) is 17.0. The molecule has 6 nitrogen and oxygen atoms in total. The molecular weight excluding hydrogens is 346 g/mol. The number of hydrogen-bond donors (Lipinski definition) is 1. The molecule has 1 unspecified atom stereocenters. The van der Waals surface area contributed by atoms with Crippen LogP contribution < -0.4 is 9.64 Å². The van der Waals surface area contributed by atoms with Crippen molar-refractivity contribution in [1.82, 2.24) is 0 Å². The third-order valence-corrected chi connectivity index (χ3v) is 4.13. The van der Waals surface area contributed by atoms with E-state index >= 15 is 0 Å². The van der Waals surface area contributed by atoms with Crippen molar-refractivity contribution in [3.05, 3.63) is 58.6 Å². The average Bonchev–Trinajstić information content (AvgIpc) is 2.59. The number of rotatable bonds is 4. The number of amides is 1. The van der Waals surface area contributed by atoms with Crippen LogP contribution in [0.5, 0.6) is 5.75 Å². The zero-order valence-corrected chi connectivity index (χ0v) is 14.0. The number of hydrogen-bond acceptors (Lipinski definition) is 4. The van der Waals surface area contributed by atoms with E-state index < -0.39 is 18.0 Å². The van der Waals surface area contributed by atoms with Crippen molar-refractivity contribution in [1.29, 1.82) is 0 Å². The summed E-state index contributed by atoms with van der Waals surface area (Å²) < 4.78 is 5.50. The van der Waals surface area contributed by atoms with Crippen LogP contribution in [-0.2, 0) is 4.79 Å². The van der Waals surface area contributed by atoms with E-state index in [4.69, 9.17) is 21.4 Å². The minimum absolute atomic E-state index is 0.00800. The van der Waals surface area contributed by atoms with Gasteiger partial charge >= 0.3 is 5.97 Å². The van der Waals surface area contributed by atoms with Gasteiger partial charge in [-0.1, -0.05) is 11.6 Å². The highest BCUT2D eigenvalue weighted by molar-refractivity contribution is 6.30. The molecule has 2 aromatic carbocycles. The van der Waals surface area contributed by atoms with Gasteiger partial charge in [-0.2, -0.15) is 0 Å². The predicted molar refractivity (Wildman–Crippen MR) is 91.6 cm³/mol. The molecule has 0 saturated heterocycles. The van der Waals surface area contributed by atoms with Gasteiger partial charge < -0.3 is 9.84 Å². The smallest absolute Gasteiger partial charge is 0.335 e. The lowest BCUT2D eigenvalue weighted by molar-refractivity contribution is -0.125. The Bertz CT molecular complexity index is 862. The summed E-state index contributed by atoms with van der Waals surface area (Å²) in [6.07, 6.45) is -0.763. The van der Waals surface area contributed by atoms with Gasteiger partial charge in [0.1, 0.15) is 5.75 Å². The maximum atomic E-state index is 12.5. The molecule has 1 atom stereocenters. The summed E-state index contributed by atoms with van der Waals surface area (Å²) in [6.45, 7) is 1.36. The van der Waals surface area contributed by atoms with Crippen LogP contribution in [0.15, 0.2) is 42.5 Å². The number of ketones is 1. The second-order valence-corrected chi connectivity index (χ2v) is 6.04. The molecule has 0 saturated carbocycles. The summed E-state index contributed by atoms with van der Waals surface area (Å²) >= 11 is 5.82. The molecule has 0 aromatic heterocycles. The van der Waals surface area contributed by atoms with E-state index in [0.29, 0.717) is 16.3 Å². The lowest BCUT2D eigenvalue weighted by Crippen LogP contribution is -2.46. The van der Waals surface area contributed by atoms with Crippen LogP contribution in [0.2, 0.25) is 5.02 Å². The fourth-order valence-corrected chi connectivity index (χ4v) is 2.70. The van der Waals surface area contributed by atoms with Crippen molar-refractivity contribution in [2.75, 3.05) is 11.4 Å². The van der Waals surface area contributed by atoms with Gasteiger partial charge in [0.25, 0.3) is 5.91 Å². The van der Waals surface area contributed by atoms with Crippen molar-refractivity contribution in [2.24, 2.45) is 0 Å². The van der Waals surface area contributed by atoms with E-state index in [1.807, 2.05) is 0 Å². The largest absolute Gasteiger partial charge is 0.479 e.